The molecule has 1 heterocycles. The van der Waals surface area contributed by atoms with Crippen molar-refractivity contribution >= 4 is 24.8 Å². The van der Waals surface area contributed by atoms with Gasteiger partial charge in [-0.05, 0) is 19.4 Å². The summed E-state index contributed by atoms with van der Waals surface area (Å²) in [5, 5.41) is 3.41. The molecule has 1 aromatic rings. The van der Waals surface area contributed by atoms with Crippen molar-refractivity contribution in [2.75, 3.05) is 40.4 Å². The highest BCUT2D eigenvalue weighted by molar-refractivity contribution is 5.85. The Bertz CT molecular complexity index is 491. The predicted molar refractivity (Wildman–Crippen MR) is 101 cm³/mol. The van der Waals surface area contributed by atoms with Crippen LogP contribution >= 0.6 is 24.8 Å². The highest BCUT2D eigenvalue weighted by Crippen LogP contribution is 2.39. The molecule has 1 aliphatic rings. The average molecular weight is 363 g/mol. The Hall–Kier alpha value is -0.940. The first kappa shape index (κ1) is 22.1. The molecule has 0 radical (unpaired) electrons. The smallest absolute Gasteiger partial charge is 0.165 e. The molecule has 0 spiro atoms. The third-order valence-electron chi connectivity index (χ3n) is 3.93. The number of ether oxygens (including phenoxy) is 2. The third-order valence-corrected chi connectivity index (χ3v) is 3.93. The van der Waals surface area contributed by atoms with Crippen molar-refractivity contribution in [1.82, 2.24) is 10.2 Å². The average Bonchev–Trinajstić information content (AvgIpc) is 2.52. The molecule has 1 aromatic carbocycles. The minimum Gasteiger partial charge on any atom is -0.493 e. The fourth-order valence-corrected chi connectivity index (χ4v) is 2.93. The summed E-state index contributed by atoms with van der Waals surface area (Å²) in [6.07, 6.45) is 0.934. The summed E-state index contributed by atoms with van der Waals surface area (Å²) in [5.41, 5.74) is 2.37. The summed E-state index contributed by atoms with van der Waals surface area (Å²) in [7, 11) is 3.39. The number of nitrogens with one attached hydrogen (secondary N) is 1. The Morgan fingerprint density at radius 2 is 1.87 bits per heavy atom. The molecule has 23 heavy (non-hydrogen) atoms. The first-order valence-corrected chi connectivity index (χ1v) is 7.47. The van der Waals surface area contributed by atoms with Crippen LogP contribution < -0.4 is 14.8 Å². The number of benzene rings is 1. The molecule has 0 amide bonds. The lowest BCUT2D eigenvalue weighted by atomic mass is 9.96. The number of para-hydroxylation sites is 1. The summed E-state index contributed by atoms with van der Waals surface area (Å²) >= 11 is 0. The zero-order chi connectivity index (χ0) is 15.2. The normalized spacial score (nSPS) is 15.8. The maximum absolute atomic E-state index is 5.62. The van der Waals surface area contributed by atoms with E-state index in [-0.39, 0.29) is 30.9 Å². The van der Waals surface area contributed by atoms with E-state index < -0.39 is 0 Å². The van der Waals surface area contributed by atoms with Crippen LogP contribution in [-0.2, 0) is 0 Å². The molecule has 4 nitrogen and oxygen atoms in total. The number of rotatable bonds is 6. The maximum Gasteiger partial charge on any atom is 0.165 e. The third kappa shape index (κ3) is 5.57. The molecule has 1 N–H and O–H groups in total. The first-order valence-electron chi connectivity index (χ1n) is 7.47. The zero-order valence-corrected chi connectivity index (χ0v) is 15.8. The van der Waals surface area contributed by atoms with Crippen molar-refractivity contribution in [2.45, 2.75) is 19.4 Å². The number of piperazine rings is 1. The Labute approximate surface area is 152 Å². The van der Waals surface area contributed by atoms with Gasteiger partial charge in [0, 0.05) is 37.8 Å². The fraction of sp³-hybridized carbons (Fsp3) is 0.529. The Kier molecular flexibility index (Phi) is 10.3. The lowest BCUT2D eigenvalue weighted by Crippen LogP contribution is -2.45. The molecule has 1 atom stereocenters. The van der Waals surface area contributed by atoms with E-state index in [1.54, 1.807) is 14.2 Å². The van der Waals surface area contributed by atoms with Gasteiger partial charge in [-0.15, -0.1) is 31.4 Å². The number of nitrogens with zero attached hydrogens (tertiary/aromatic N) is 1. The van der Waals surface area contributed by atoms with E-state index >= 15 is 0 Å². The maximum atomic E-state index is 5.62. The second kappa shape index (κ2) is 10.8. The van der Waals surface area contributed by atoms with Crippen molar-refractivity contribution in [2.24, 2.45) is 0 Å². The van der Waals surface area contributed by atoms with Gasteiger partial charge in [0.2, 0.25) is 0 Å². The van der Waals surface area contributed by atoms with E-state index in [1.165, 1.54) is 11.1 Å². The first-order chi connectivity index (χ1) is 10.2. The van der Waals surface area contributed by atoms with Gasteiger partial charge in [-0.2, -0.15) is 0 Å². The van der Waals surface area contributed by atoms with Gasteiger partial charge in [0.15, 0.2) is 11.5 Å². The largest absolute Gasteiger partial charge is 0.493 e. The quantitative estimate of drug-likeness (QED) is 0.785. The second-order valence-corrected chi connectivity index (χ2v) is 5.55. The van der Waals surface area contributed by atoms with Gasteiger partial charge in [0.1, 0.15) is 0 Å². The van der Waals surface area contributed by atoms with Crippen LogP contribution in [0.1, 0.15) is 24.9 Å². The molecule has 0 unspecified atom stereocenters. The summed E-state index contributed by atoms with van der Waals surface area (Å²) < 4.78 is 11.1. The van der Waals surface area contributed by atoms with E-state index in [1.807, 2.05) is 12.1 Å². The van der Waals surface area contributed by atoms with Gasteiger partial charge in [0.05, 0.1) is 14.2 Å². The fourth-order valence-electron chi connectivity index (χ4n) is 2.93. The van der Waals surface area contributed by atoms with Gasteiger partial charge in [-0.1, -0.05) is 17.7 Å². The van der Waals surface area contributed by atoms with E-state index in [0.29, 0.717) is 0 Å². The van der Waals surface area contributed by atoms with E-state index in [4.69, 9.17) is 9.47 Å². The minimum absolute atomic E-state index is 0. The number of halogens is 2. The summed E-state index contributed by atoms with van der Waals surface area (Å²) in [6, 6.07) is 6.40. The van der Waals surface area contributed by atoms with Gasteiger partial charge in [0.25, 0.3) is 0 Å². The lowest BCUT2D eigenvalue weighted by Gasteiger charge is -2.36. The van der Waals surface area contributed by atoms with Crippen molar-refractivity contribution in [3.63, 3.8) is 0 Å². The monoisotopic (exact) mass is 362 g/mol. The molecular weight excluding hydrogens is 335 g/mol. The molecule has 0 aromatic heterocycles. The topological polar surface area (TPSA) is 33.7 Å². The number of hydrogen-bond donors (Lipinski definition) is 1. The second-order valence-electron chi connectivity index (χ2n) is 5.55. The number of hydrogen-bond acceptors (Lipinski definition) is 4. The van der Waals surface area contributed by atoms with Crippen LogP contribution in [0.4, 0.5) is 0 Å². The standard InChI is InChI=1S/C17H26N2O2.2ClH/c1-13(2)12-15(19-10-8-18-9-11-19)14-6-5-7-16(20-3)17(14)21-4;;/h5-7,15,18H,1,8-12H2,2-4H3;2*1H/t15-;;/m0../s1. The Morgan fingerprint density at radius 3 is 2.39 bits per heavy atom. The minimum atomic E-state index is 0. The van der Waals surface area contributed by atoms with E-state index in [0.717, 1.165) is 44.1 Å². The van der Waals surface area contributed by atoms with Crippen LogP contribution in [0, 0.1) is 0 Å². The van der Waals surface area contributed by atoms with E-state index in [9.17, 15) is 0 Å². The molecule has 0 aliphatic carbocycles. The molecule has 132 valence electrons. The van der Waals surface area contributed by atoms with Crippen molar-refractivity contribution in [3.8, 4) is 11.5 Å². The van der Waals surface area contributed by atoms with Gasteiger partial charge in [-0.25, -0.2) is 0 Å². The van der Waals surface area contributed by atoms with Crippen molar-refractivity contribution in [3.05, 3.63) is 35.9 Å². The van der Waals surface area contributed by atoms with Gasteiger partial charge in [-0.3, -0.25) is 4.90 Å². The number of methoxy groups -OCH3 is 2. The molecular formula is C17H28Cl2N2O2. The van der Waals surface area contributed by atoms with E-state index in [2.05, 4.69) is 29.8 Å². The highest BCUT2D eigenvalue weighted by atomic mass is 35.5. The Balaban J connectivity index is 0.00000242. The van der Waals surface area contributed by atoms with Crippen LogP contribution in [0.25, 0.3) is 0 Å². The molecule has 0 saturated carbocycles. The zero-order valence-electron chi connectivity index (χ0n) is 14.1. The van der Waals surface area contributed by atoms with Crippen LogP contribution in [0.5, 0.6) is 11.5 Å². The van der Waals surface area contributed by atoms with Crippen molar-refractivity contribution in [1.29, 1.82) is 0 Å². The van der Waals surface area contributed by atoms with Gasteiger partial charge < -0.3 is 14.8 Å². The predicted octanol–water partition coefficient (Wildman–Crippen LogP) is 3.46. The molecule has 0 bridgehead atoms. The summed E-state index contributed by atoms with van der Waals surface area (Å²) in [5.74, 6) is 1.63. The van der Waals surface area contributed by atoms with Crippen LogP contribution in [0.3, 0.4) is 0 Å². The molecule has 1 fully saturated rings. The van der Waals surface area contributed by atoms with Crippen LogP contribution in [-0.4, -0.2) is 45.3 Å². The summed E-state index contributed by atoms with van der Waals surface area (Å²) in [4.78, 5) is 2.50. The van der Waals surface area contributed by atoms with Gasteiger partial charge >= 0.3 is 0 Å². The highest BCUT2D eigenvalue weighted by Gasteiger charge is 2.26. The molecule has 1 saturated heterocycles. The molecule has 2 rings (SSSR count). The molecule has 6 heteroatoms. The van der Waals surface area contributed by atoms with Crippen molar-refractivity contribution < 1.29 is 9.47 Å². The summed E-state index contributed by atoms with van der Waals surface area (Å²) in [6.45, 7) is 10.3. The lowest BCUT2D eigenvalue weighted by molar-refractivity contribution is 0.169. The van der Waals surface area contributed by atoms with Crippen LogP contribution in [0.15, 0.2) is 30.4 Å². The molecule has 1 aliphatic heterocycles. The van der Waals surface area contributed by atoms with Crippen LogP contribution in [0.2, 0.25) is 0 Å². The SMILES string of the molecule is C=C(C)C[C@@H](c1cccc(OC)c1OC)N1CCNCC1.Cl.Cl. The Morgan fingerprint density at radius 1 is 1.22 bits per heavy atom.